The molecular weight excluding hydrogens is 276 g/mol. The second kappa shape index (κ2) is 6.43. The van der Waals surface area contributed by atoms with E-state index < -0.39 is 22.0 Å². The number of halogens is 1. The van der Waals surface area contributed by atoms with Gasteiger partial charge >= 0.3 is 0 Å². The van der Waals surface area contributed by atoms with E-state index in [9.17, 15) is 13.4 Å². The number of primary amides is 1. The number of carbonyl (C=O) groups excluding carboxylic acids is 1. The predicted octanol–water partition coefficient (Wildman–Crippen LogP) is 2.15. The summed E-state index contributed by atoms with van der Waals surface area (Å²) < 4.78 is 25.4. The molecule has 0 aromatic heterocycles. The van der Waals surface area contributed by atoms with Gasteiger partial charge in [0.2, 0.25) is 5.91 Å². The van der Waals surface area contributed by atoms with Gasteiger partial charge in [0.05, 0.1) is 5.25 Å². The molecule has 0 saturated carbocycles. The molecule has 0 saturated heterocycles. The van der Waals surface area contributed by atoms with Crippen molar-refractivity contribution in [2.24, 2.45) is 5.73 Å². The van der Waals surface area contributed by atoms with Crippen LogP contribution < -0.4 is 5.73 Å². The molecular formula is C15H14FNO2S. The summed E-state index contributed by atoms with van der Waals surface area (Å²) in [5.74, 6) is -1.20. The van der Waals surface area contributed by atoms with Crippen molar-refractivity contribution in [3.63, 3.8) is 0 Å². The smallest absolute Gasteiger partial charge is 0.230 e. The zero-order valence-corrected chi connectivity index (χ0v) is 11.5. The minimum absolute atomic E-state index is 0.225. The van der Waals surface area contributed by atoms with Crippen molar-refractivity contribution in [2.75, 3.05) is 5.75 Å². The van der Waals surface area contributed by atoms with Crippen molar-refractivity contribution in [1.29, 1.82) is 0 Å². The van der Waals surface area contributed by atoms with Crippen molar-refractivity contribution in [1.82, 2.24) is 0 Å². The lowest BCUT2D eigenvalue weighted by Gasteiger charge is -2.17. The van der Waals surface area contributed by atoms with Crippen LogP contribution in [0.2, 0.25) is 0 Å². The van der Waals surface area contributed by atoms with Gasteiger partial charge in [-0.05, 0) is 23.3 Å². The van der Waals surface area contributed by atoms with E-state index in [0.717, 1.165) is 5.56 Å². The molecule has 1 amide bonds. The molecule has 20 heavy (non-hydrogen) atoms. The van der Waals surface area contributed by atoms with E-state index in [2.05, 4.69) is 0 Å². The van der Waals surface area contributed by atoms with E-state index in [1.165, 1.54) is 12.1 Å². The summed E-state index contributed by atoms with van der Waals surface area (Å²) in [5.41, 5.74) is 6.62. The predicted molar refractivity (Wildman–Crippen MR) is 76.9 cm³/mol. The van der Waals surface area contributed by atoms with Gasteiger partial charge in [0.15, 0.2) is 0 Å². The summed E-state index contributed by atoms with van der Waals surface area (Å²) in [6.45, 7) is 0. The van der Waals surface area contributed by atoms with Gasteiger partial charge in [0, 0.05) is 10.8 Å². The van der Waals surface area contributed by atoms with E-state index in [-0.39, 0.29) is 11.6 Å². The van der Waals surface area contributed by atoms with Gasteiger partial charge in [-0.2, -0.15) is 0 Å². The summed E-state index contributed by atoms with van der Waals surface area (Å²) >= 11 is 0. The average Bonchev–Trinajstić information content (AvgIpc) is 2.42. The Hall–Kier alpha value is -2.01. The molecule has 5 heteroatoms. The zero-order chi connectivity index (χ0) is 14.5. The fourth-order valence-electron chi connectivity index (χ4n) is 1.98. The van der Waals surface area contributed by atoms with E-state index in [1.807, 2.05) is 30.3 Å². The fraction of sp³-hybridized carbons (Fsp3) is 0.133. The number of nitrogens with two attached hydrogens (primary N) is 1. The van der Waals surface area contributed by atoms with E-state index in [0.29, 0.717) is 5.56 Å². The molecule has 0 aliphatic heterocycles. The van der Waals surface area contributed by atoms with Gasteiger partial charge < -0.3 is 5.73 Å². The normalized spacial score (nSPS) is 13.7. The first-order valence-electron chi connectivity index (χ1n) is 6.04. The molecule has 2 unspecified atom stereocenters. The SMILES string of the molecule is NC(=O)CS(=O)C(c1ccccc1)c1ccc([18F])cc1. The molecule has 2 aromatic rings. The monoisotopic (exact) mass is 290 g/mol. The standard InChI is InChI=1S/C15H14FNO2S/c16-13-8-6-12(7-9-13)15(20(19)10-14(17)18)11-4-2-1-3-5-11/h1-9,15H,10H2,(H2,17,18)/i16-1. The van der Waals surface area contributed by atoms with Crippen LogP contribution in [0, 0.1) is 5.82 Å². The second-order valence-corrected chi connectivity index (χ2v) is 5.86. The van der Waals surface area contributed by atoms with Crippen LogP contribution >= 0.6 is 0 Å². The molecule has 2 aromatic carbocycles. The maximum Gasteiger partial charge on any atom is 0.230 e. The maximum atomic E-state index is 13.0. The van der Waals surface area contributed by atoms with Crippen molar-refractivity contribution in [3.05, 3.63) is 71.5 Å². The highest BCUT2D eigenvalue weighted by molar-refractivity contribution is 7.86. The highest BCUT2D eigenvalue weighted by Gasteiger charge is 2.22. The van der Waals surface area contributed by atoms with Crippen LogP contribution in [0.1, 0.15) is 16.4 Å². The number of rotatable bonds is 5. The third-order valence-electron chi connectivity index (χ3n) is 2.82. The Morgan fingerprint density at radius 2 is 1.60 bits per heavy atom. The first-order valence-corrected chi connectivity index (χ1v) is 7.42. The Morgan fingerprint density at radius 1 is 1.05 bits per heavy atom. The highest BCUT2D eigenvalue weighted by Crippen LogP contribution is 2.28. The minimum Gasteiger partial charge on any atom is -0.369 e. The van der Waals surface area contributed by atoms with Gasteiger partial charge in [0.25, 0.3) is 0 Å². The van der Waals surface area contributed by atoms with Crippen molar-refractivity contribution in [3.8, 4) is 0 Å². The lowest BCUT2D eigenvalue weighted by molar-refractivity contribution is -0.115. The quantitative estimate of drug-likeness (QED) is 0.917. The third kappa shape index (κ3) is 3.51. The second-order valence-electron chi connectivity index (χ2n) is 4.33. The van der Waals surface area contributed by atoms with Gasteiger partial charge in [-0.15, -0.1) is 0 Å². The minimum atomic E-state index is -1.49. The highest BCUT2D eigenvalue weighted by atomic mass is 32.2. The average molecular weight is 290 g/mol. The Morgan fingerprint density at radius 3 is 2.15 bits per heavy atom. The van der Waals surface area contributed by atoms with Crippen LogP contribution in [-0.4, -0.2) is 15.9 Å². The molecule has 0 fully saturated rings. The topological polar surface area (TPSA) is 60.2 Å². The largest absolute Gasteiger partial charge is 0.369 e. The lowest BCUT2D eigenvalue weighted by atomic mass is 10.0. The summed E-state index contributed by atoms with van der Waals surface area (Å²) in [5, 5.41) is -0.496. The van der Waals surface area contributed by atoms with E-state index in [1.54, 1.807) is 12.1 Å². The lowest BCUT2D eigenvalue weighted by Crippen LogP contribution is -2.23. The molecule has 2 N–H and O–H groups in total. The molecule has 0 heterocycles. The summed E-state index contributed by atoms with van der Waals surface area (Å²) in [6.07, 6.45) is 0. The molecule has 0 aliphatic rings. The molecule has 0 radical (unpaired) electrons. The van der Waals surface area contributed by atoms with Crippen LogP contribution in [0.5, 0.6) is 0 Å². The molecule has 0 bridgehead atoms. The third-order valence-corrected chi connectivity index (χ3v) is 4.46. The summed E-state index contributed by atoms with van der Waals surface area (Å²) in [6, 6.07) is 14.9. The van der Waals surface area contributed by atoms with Crippen LogP contribution in [-0.2, 0) is 15.6 Å². The van der Waals surface area contributed by atoms with E-state index >= 15 is 0 Å². The number of amides is 1. The first-order chi connectivity index (χ1) is 9.58. The van der Waals surface area contributed by atoms with Gasteiger partial charge in [-0.25, -0.2) is 4.39 Å². The Balaban J connectivity index is 2.41. The number of benzene rings is 2. The van der Waals surface area contributed by atoms with Gasteiger partial charge in [0.1, 0.15) is 11.6 Å². The fourth-order valence-corrected chi connectivity index (χ4v) is 3.35. The molecule has 0 aliphatic carbocycles. The molecule has 0 spiro atoms. The van der Waals surface area contributed by atoms with Crippen molar-refractivity contribution < 1.29 is 13.4 Å². The maximum absolute atomic E-state index is 13.0. The van der Waals surface area contributed by atoms with Crippen molar-refractivity contribution in [2.45, 2.75) is 5.25 Å². The Kier molecular flexibility index (Phi) is 4.63. The molecule has 2 rings (SSSR count). The Bertz CT molecular complexity index is 614. The zero-order valence-electron chi connectivity index (χ0n) is 10.7. The summed E-state index contributed by atoms with van der Waals surface area (Å²) in [7, 11) is -1.49. The van der Waals surface area contributed by atoms with Gasteiger partial charge in [-0.1, -0.05) is 42.5 Å². The summed E-state index contributed by atoms with van der Waals surface area (Å²) in [4.78, 5) is 11.0. The van der Waals surface area contributed by atoms with Gasteiger partial charge in [-0.3, -0.25) is 9.00 Å². The van der Waals surface area contributed by atoms with Crippen LogP contribution in [0.4, 0.5) is 4.39 Å². The van der Waals surface area contributed by atoms with Crippen LogP contribution in [0.3, 0.4) is 0 Å². The van der Waals surface area contributed by atoms with E-state index in [4.69, 9.17) is 5.73 Å². The number of carbonyl (C=O) groups is 1. The van der Waals surface area contributed by atoms with Crippen LogP contribution in [0.15, 0.2) is 54.6 Å². The molecule has 104 valence electrons. The number of hydrogen-bond donors (Lipinski definition) is 1. The Labute approximate surface area is 119 Å². The van der Waals surface area contributed by atoms with Crippen LogP contribution in [0.25, 0.3) is 0 Å². The molecule has 3 nitrogen and oxygen atoms in total. The molecule has 2 atom stereocenters. The number of hydrogen-bond acceptors (Lipinski definition) is 2. The van der Waals surface area contributed by atoms with Crippen molar-refractivity contribution >= 4 is 16.7 Å². The first kappa shape index (κ1) is 14.4.